The maximum Gasteiger partial charge on any atom is 0.339 e. The van der Waals surface area contributed by atoms with E-state index in [0.717, 1.165) is 5.56 Å². The van der Waals surface area contributed by atoms with E-state index in [9.17, 15) is 8.42 Å². The molecule has 0 atom stereocenters. The monoisotopic (exact) mass is 523 g/mol. The molecule has 3 aromatic carbocycles. The first-order valence-corrected chi connectivity index (χ1v) is 12.0. The minimum Gasteiger partial charge on any atom is -0.493 e. The van der Waals surface area contributed by atoms with E-state index in [1.807, 2.05) is 6.92 Å². The van der Waals surface area contributed by atoms with Gasteiger partial charge in [0.05, 0.1) is 24.0 Å². The molecule has 0 aromatic heterocycles. The first kappa shape index (κ1) is 24.8. The van der Waals surface area contributed by atoms with Gasteiger partial charge in [0.1, 0.15) is 4.90 Å². The second-order valence-electron chi connectivity index (χ2n) is 6.71. The molecule has 0 spiro atoms. The number of aryl methyl sites for hydroxylation is 1. The van der Waals surface area contributed by atoms with Gasteiger partial charge in [0.25, 0.3) is 0 Å². The number of benzene rings is 3. The molecule has 0 bridgehead atoms. The SMILES string of the molecule is COc1cc(/C=N\NC(=S)Nc2cc(Cl)ccc2Cl)ccc1OS(=O)(=O)c1ccc(C)cc1. The predicted molar refractivity (Wildman–Crippen MR) is 135 cm³/mol. The summed E-state index contributed by atoms with van der Waals surface area (Å²) >= 11 is 17.2. The van der Waals surface area contributed by atoms with Crippen molar-refractivity contribution in [2.75, 3.05) is 12.4 Å². The lowest BCUT2D eigenvalue weighted by molar-refractivity contribution is 0.390. The van der Waals surface area contributed by atoms with E-state index in [1.54, 1.807) is 42.5 Å². The minimum absolute atomic E-state index is 0.0470. The van der Waals surface area contributed by atoms with Gasteiger partial charge in [-0.2, -0.15) is 13.5 Å². The summed E-state index contributed by atoms with van der Waals surface area (Å²) in [6.45, 7) is 1.87. The van der Waals surface area contributed by atoms with Gasteiger partial charge in [-0.25, -0.2) is 0 Å². The van der Waals surface area contributed by atoms with Gasteiger partial charge in [-0.05, 0) is 73.2 Å². The molecule has 7 nitrogen and oxygen atoms in total. The topological polar surface area (TPSA) is 89.0 Å². The number of anilines is 1. The van der Waals surface area contributed by atoms with Gasteiger partial charge in [0, 0.05) is 5.02 Å². The molecule has 0 aliphatic carbocycles. The molecular formula is C22H19Cl2N3O4S2. The molecule has 0 aliphatic rings. The van der Waals surface area contributed by atoms with Gasteiger partial charge >= 0.3 is 10.1 Å². The van der Waals surface area contributed by atoms with E-state index in [0.29, 0.717) is 21.3 Å². The van der Waals surface area contributed by atoms with Gasteiger partial charge in [0.15, 0.2) is 16.6 Å². The van der Waals surface area contributed by atoms with Gasteiger partial charge in [-0.15, -0.1) is 0 Å². The van der Waals surface area contributed by atoms with Crippen LogP contribution in [0.2, 0.25) is 10.0 Å². The summed E-state index contributed by atoms with van der Waals surface area (Å²) in [6.07, 6.45) is 1.48. The summed E-state index contributed by atoms with van der Waals surface area (Å²) < 4.78 is 35.7. The van der Waals surface area contributed by atoms with Crippen LogP contribution in [0.25, 0.3) is 0 Å². The Morgan fingerprint density at radius 3 is 2.45 bits per heavy atom. The molecule has 0 radical (unpaired) electrons. The van der Waals surface area contributed by atoms with Crippen molar-refractivity contribution >= 4 is 62.6 Å². The standard InChI is InChI=1S/C22H19Cl2N3O4S2/c1-14-3-7-17(8-4-14)33(28,29)31-20-10-5-15(11-21(20)30-2)13-25-27-22(32)26-19-12-16(23)6-9-18(19)24/h3-13H,1-2H3,(H2,26,27,32)/b25-13-. The highest BCUT2D eigenvalue weighted by molar-refractivity contribution is 7.87. The van der Waals surface area contributed by atoms with Crippen molar-refractivity contribution < 1.29 is 17.3 Å². The average molecular weight is 524 g/mol. The van der Waals surface area contributed by atoms with E-state index in [4.69, 9.17) is 44.3 Å². The minimum atomic E-state index is -4.01. The van der Waals surface area contributed by atoms with Crippen molar-refractivity contribution in [1.82, 2.24) is 5.43 Å². The molecule has 33 heavy (non-hydrogen) atoms. The first-order valence-electron chi connectivity index (χ1n) is 9.42. The molecule has 0 aliphatic heterocycles. The number of hydrogen-bond donors (Lipinski definition) is 2. The van der Waals surface area contributed by atoms with Crippen molar-refractivity contribution in [1.29, 1.82) is 0 Å². The normalized spacial score (nSPS) is 11.3. The van der Waals surface area contributed by atoms with Crippen molar-refractivity contribution in [2.45, 2.75) is 11.8 Å². The van der Waals surface area contributed by atoms with Crippen molar-refractivity contribution in [3.05, 3.63) is 81.8 Å². The molecule has 0 amide bonds. The van der Waals surface area contributed by atoms with E-state index in [2.05, 4.69) is 15.8 Å². The first-order chi connectivity index (χ1) is 15.7. The van der Waals surface area contributed by atoms with Crippen LogP contribution in [0.15, 0.2) is 70.7 Å². The fraction of sp³-hybridized carbons (Fsp3) is 0.0909. The molecule has 0 saturated heterocycles. The van der Waals surface area contributed by atoms with Crippen LogP contribution in [0.1, 0.15) is 11.1 Å². The third-order valence-corrected chi connectivity index (χ3v) is 6.26. The second-order valence-corrected chi connectivity index (χ2v) is 9.51. The fourth-order valence-electron chi connectivity index (χ4n) is 2.61. The van der Waals surface area contributed by atoms with Crippen molar-refractivity contribution in [3.8, 4) is 11.5 Å². The highest BCUT2D eigenvalue weighted by atomic mass is 35.5. The zero-order valence-electron chi connectivity index (χ0n) is 17.5. The lowest BCUT2D eigenvalue weighted by Crippen LogP contribution is -2.24. The summed E-state index contributed by atoms with van der Waals surface area (Å²) in [4.78, 5) is 0.0470. The number of hydrazone groups is 1. The van der Waals surface area contributed by atoms with Crippen LogP contribution in [0.5, 0.6) is 11.5 Å². The van der Waals surface area contributed by atoms with Crippen LogP contribution in [-0.4, -0.2) is 26.9 Å². The Morgan fingerprint density at radius 2 is 1.76 bits per heavy atom. The number of methoxy groups -OCH3 is 1. The van der Waals surface area contributed by atoms with Crippen molar-refractivity contribution in [2.24, 2.45) is 5.10 Å². The van der Waals surface area contributed by atoms with Crippen LogP contribution in [-0.2, 0) is 10.1 Å². The van der Waals surface area contributed by atoms with Gasteiger partial charge in [-0.1, -0.05) is 40.9 Å². The average Bonchev–Trinajstić information content (AvgIpc) is 2.77. The lowest BCUT2D eigenvalue weighted by atomic mass is 10.2. The lowest BCUT2D eigenvalue weighted by Gasteiger charge is -2.11. The molecule has 11 heteroatoms. The van der Waals surface area contributed by atoms with Crippen LogP contribution >= 0.6 is 35.4 Å². The number of ether oxygens (including phenoxy) is 1. The van der Waals surface area contributed by atoms with E-state index < -0.39 is 10.1 Å². The fourth-order valence-corrected chi connectivity index (χ4v) is 4.05. The molecule has 2 N–H and O–H groups in total. The maximum atomic E-state index is 12.6. The molecule has 172 valence electrons. The summed E-state index contributed by atoms with van der Waals surface area (Å²) in [5.41, 5.74) is 4.75. The molecule has 0 saturated carbocycles. The molecular weight excluding hydrogens is 505 g/mol. The number of nitrogens with zero attached hydrogens (tertiary/aromatic N) is 1. The van der Waals surface area contributed by atoms with Crippen LogP contribution < -0.4 is 19.7 Å². The zero-order valence-corrected chi connectivity index (χ0v) is 20.6. The molecule has 3 rings (SSSR count). The summed E-state index contributed by atoms with van der Waals surface area (Å²) in [7, 11) is -2.60. The van der Waals surface area contributed by atoms with E-state index in [-0.39, 0.29) is 21.5 Å². The van der Waals surface area contributed by atoms with E-state index >= 15 is 0 Å². The predicted octanol–water partition coefficient (Wildman–Crippen LogP) is 5.40. The summed E-state index contributed by atoms with van der Waals surface area (Å²) in [6, 6.07) is 16.0. The maximum absolute atomic E-state index is 12.6. The Kier molecular flexibility index (Phi) is 8.15. The largest absolute Gasteiger partial charge is 0.493 e. The number of nitrogens with one attached hydrogen (secondary N) is 2. The van der Waals surface area contributed by atoms with Gasteiger partial charge in [0.2, 0.25) is 0 Å². The summed E-state index contributed by atoms with van der Waals surface area (Å²) in [5, 5.41) is 8.11. The third-order valence-electron chi connectivity index (χ3n) is 4.25. The van der Waals surface area contributed by atoms with Crippen molar-refractivity contribution in [3.63, 3.8) is 0 Å². The molecule has 0 fully saturated rings. The Balaban J connectivity index is 1.67. The Hall–Kier alpha value is -2.85. The summed E-state index contributed by atoms with van der Waals surface area (Å²) in [5.74, 6) is 0.275. The Morgan fingerprint density at radius 1 is 1.03 bits per heavy atom. The van der Waals surface area contributed by atoms with Crippen LogP contribution in [0.3, 0.4) is 0 Å². The number of rotatable bonds is 7. The zero-order chi connectivity index (χ0) is 24.0. The van der Waals surface area contributed by atoms with Gasteiger partial charge < -0.3 is 14.2 Å². The Bertz CT molecular complexity index is 1300. The van der Waals surface area contributed by atoms with Crippen LogP contribution in [0, 0.1) is 6.92 Å². The quantitative estimate of drug-likeness (QED) is 0.185. The van der Waals surface area contributed by atoms with Crippen LogP contribution in [0.4, 0.5) is 5.69 Å². The smallest absolute Gasteiger partial charge is 0.339 e. The third kappa shape index (κ3) is 6.82. The Labute approximate surface area is 207 Å². The second kappa shape index (κ2) is 10.8. The number of hydrogen-bond acceptors (Lipinski definition) is 6. The number of halogens is 2. The molecule has 0 heterocycles. The highest BCUT2D eigenvalue weighted by Gasteiger charge is 2.19. The van der Waals surface area contributed by atoms with E-state index in [1.165, 1.54) is 31.5 Å². The molecule has 3 aromatic rings. The number of thiocarbonyl (C=S) groups is 1. The highest BCUT2D eigenvalue weighted by Crippen LogP contribution is 2.30. The molecule has 0 unspecified atom stereocenters. The van der Waals surface area contributed by atoms with Gasteiger partial charge in [-0.3, -0.25) is 5.43 Å².